The van der Waals surface area contributed by atoms with E-state index in [0.717, 1.165) is 47.0 Å². The number of benzene rings is 4. The Labute approximate surface area is 220 Å². The van der Waals surface area contributed by atoms with E-state index < -0.39 is 0 Å². The highest BCUT2D eigenvalue weighted by molar-refractivity contribution is 5.82. The summed E-state index contributed by atoms with van der Waals surface area (Å²) in [4.78, 5) is 2.33. The van der Waals surface area contributed by atoms with E-state index in [1.165, 1.54) is 16.8 Å². The van der Waals surface area contributed by atoms with Crippen molar-refractivity contribution in [3.63, 3.8) is 0 Å². The lowest BCUT2D eigenvalue weighted by Crippen LogP contribution is -2.21. The first-order chi connectivity index (χ1) is 18.0. The molecule has 0 aliphatic heterocycles. The zero-order chi connectivity index (χ0) is 26.2. The van der Waals surface area contributed by atoms with Gasteiger partial charge in [-0.25, -0.2) is 5.01 Å². The zero-order valence-corrected chi connectivity index (χ0v) is 22.4. The largest absolute Gasteiger partial charge is 0.372 e. The first-order valence-corrected chi connectivity index (χ1v) is 12.8. The van der Waals surface area contributed by atoms with Gasteiger partial charge in [-0.1, -0.05) is 47.5 Å². The summed E-state index contributed by atoms with van der Waals surface area (Å²) in [7, 11) is 0. The van der Waals surface area contributed by atoms with Gasteiger partial charge in [-0.05, 0) is 100 Å². The van der Waals surface area contributed by atoms with E-state index in [-0.39, 0.29) is 0 Å². The van der Waals surface area contributed by atoms with Gasteiger partial charge >= 0.3 is 0 Å². The van der Waals surface area contributed by atoms with Crippen molar-refractivity contribution < 1.29 is 0 Å². The van der Waals surface area contributed by atoms with Gasteiger partial charge in [0.2, 0.25) is 0 Å². The molecule has 4 aromatic carbocycles. The highest BCUT2D eigenvalue weighted by Crippen LogP contribution is 2.28. The van der Waals surface area contributed by atoms with E-state index >= 15 is 0 Å². The predicted molar refractivity (Wildman–Crippen MR) is 157 cm³/mol. The fourth-order valence-electron chi connectivity index (χ4n) is 4.05. The quantitative estimate of drug-likeness (QED) is 0.134. The lowest BCUT2D eigenvalue weighted by Gasteiger charge is -2.21. The molecule has 5 nitrogen and oxygen atoms in total. The molecule has 0 unspecified atom stereocenters. The smallest absolute Gasteiger partial charge is 0.0887 e. The minimum Gasteiger partial charge on any atom is -0.372 e. The Kier molecular flexibility index (Phi) is 8.47. The van der Waals surface area contributed by atoms with Gasteiger partial charge in [0.05, 0.1) is 29.0 Å². The van der Waals surface area contributed by atoms with Crippen molar-refractivity contribution in [3.05, 3.63) is 113 Å². The van der Waals surface area contributed by atoms with Gasteiger partial charge in [-0.2, -0.15) is 15.3 Å². The summed E-state index contributed by atoms with van der Waals surface area (Å²) in [6.45, 7) is 12.6. The van der Waals surface area contributed by atoms with Crippen LogP contribution in [0.4, 0.5) is 28.4 Å². The van der Waals surface area contributed by atoms with Crippen molar-refractivity contribution in [1.29, 1.82) is 0 Å². The Morgan fingerprint density at radius 3 is 1.68 bits per heavy atom. The third kappa shape index (κ3) is 6.70. The number of hydrogen-bond donors (Lipinski definition) is 0. The Bertz CT molecular complexity index is 1300. The van der Waals surface area contributed by atoms with Gasteiger partial charge in [-0.3, -0.25) is 0 Å². The topological polar surface area (TPSA) is 43.6 Å². The third-order valence-electron chi connectivity index (χ3n) is 6.35. The highest BCUT2D eigenvalue weighted by Gasteiger charge is 2.08. The molecule has 0 fully saturated rings. The van der Waals surface area contributed by atoms with Gasteiger partial charge in [0.1, 0.15) is 0 Å². The van der Waals surface area contributed by atoms with E-state index in [1.54, 1.807) is 0 Å². The summed E-state index contributed by atoms with van der Waals surface area (Å²) in [6.07, 6.45) is 1.87. The molecule has 0 N–H and O–H groups in total. The first kappa shape index (κ1) is 25.8. The van der Waals surface area contributed by atoms with Crippen molar-refractivity contribution in [2.75, 3.05) is 23.0 Å². The van der Waals surface area contributed by atoms with Crippen molar-refractivity contribution >= 4 is 34.7 Å². The molecule has 0 aliphatic carbocycles. The molecule has 0 saturated heterocycles. The number of aryl methyl sites for hydroxylation is 3. The molecule has 0 radical (unpaired) electrons. The second-order valence-electron chi connectivity index (χ2n) is 9.16. The van der Waals surface area contributed by atoms with Crippen LogP contribution >= 0.6 is 0 Å². The zero-order valence-electron chi connectivity index (χ0n) is 22.4. The van der Waals surface area contributed by atoms with Crippen LogP contribution in [0.15, 0.2) is 106 Å². The summed E-state index contributed by atoms with van der Waals surface area (Å²) < 4.78 is 0. The molecule has 0 saturated carbocycles. The van der Waals surface area contributed by atoms with E-state index in [1.807, 2.05) is 41.6 Å². The van der Waals surface area contributed by atoms with Gasteiger partial charge in [0, 0.05) is 18.8 Å². The molecule has 0 atom stereocenters. The van der Waals surface area contributed by atoms with Crippen LogP contribution in [0.25, 0.3) is 0 Å². The van der Waals surface area contributed by atoms with Crippen molar-refractivity contribution in [1.82, 2.24) is 0 Å². The Balaban J connectivity index is 1.50. The molecule has 4 aromatic rings. The van der Waals surface area contributed by atoms with Gasteiger partial charge in [-0.15, -0.1) is 0 Å². The minimum atomic E-state index is 0.804. The Morgan fingerprint density at radius 1 is 0.622 bits per heavy atom. The first-order valence-electron chi connectivity index (χ1n) is 12.8. The minimum absolute atomic E-state index is 0.804. The molecule has 0 aromatic heterocycles. The fourth-order valence-corrected chi connectivity index (χ4v) is 4.05. The SMILES string of the molecule is CCN(CC)c1ccc(N=Nc2ccc(C=NN(c3ccc(C)cc3)c3ccc(C)cc3)cc2)c(C)c1. The number of hydrogen-bond acceptors (Lipinski definition) is 5. The fraction of sp³-hybridized carbons (Fsp3) is 0.219. The second-order valence-corrected chi connectivity index (χ2v) is 9.16. The maximum absolute atomic E-state index is 4.82. The average Bonchev–Trinajstić information content (AvgIpc) is 2.91. The number of rotatable bonds is 9. The lowest BCUT2D eigenvalue weighted by molar-refractivity contribution is 0.865. The van der Waals surface area contributed by atoms with Crippen LogP contribution in [-0.2, 0) is 0 Å². The standard InChI is InChI=1S/C32H35N5/c1-6-36(7-2)31-20-21-32(26(5)22-31)35-34-28-14-12-27(13-15-28)23-33-37(29-16-8-24(3)9-17-29)30-18-10-25(4)11-19-30/h8-23H,6-7H2,1-5H3. The number of azo groups is 1. The molecular formula is C32H35N5. The van der Waals surface area contributed by atoms with Gasteiger partial charge in [0.15, 0.2) is 0 Å². The molecule has 4 rings (SSSR count). The summed E-state index contributed by atoms with van der Waals surface area (Å²) in [5.41, 5.74) is 9.47. The number of nitrogens with zero attached hydrogens (tertiary/aromatic N) is 5. The second kappa shape index (κ2) is 12.1. The predicted octanol–water partition coefficient (Wildman–Crippen LogP) is 9.05. The van der Waals surface area contributed by atoms with E-state index in [0.29, 0.717) is 0 Å². The molecule has 0 amide bonds. The van der Waals surface area contributed by atoms with Gasteiger partial charge < -0.3 is 4.90 Å². The van der Waals surface area contributed by atoms with E-state index in [9.17, 15) is 0 Å². The molecule has 188 valence electrons. The molecule has 0 bridgehead atoms. The van der Waals surface area contributed by atoms with E-state index in [4.69, 9.17) is 5.10 Å². The number of hydrazone groups is 1. The maximum Gasteiger partial charge on any atom is 0.0887 e. The Morgan fingerprint density at radius 2 is 1.16 bits per heavy atom. The number of anilines is 3. The van der Waals surface area contributed by atoms with Crippen LogP contribution in [0.1, 0.15) is 36.1 Å². The Hall–Kier alpha value is -4.25. The molecule has 0 aliphatic rings. The maximum atomic E-state index is 4.82. The van der Waals surface area contributed by atoms with Gasteiger partial charge in [0.25, 0.3) is 0 Å². The summed E-state index contributed by atoms with van der Waals surface area (Å²) in [5.74, 6) is 0. The van der Waals surface area contributed by atoms with Crippen molar-refractivity contribution in [2.24, 2.45) is 15.3 Å². The third-order valence-corrected chi connectivity index (χ3v) is 6.35. The molecule has 0 spiro atoms. The highest BCUT2D eigenvalue weighted by atomic mass is 15.5. The summed E-state index contributed by atoms with van der Waals surface area (Å²) >= 11 is 0. The van der Waals surface area contributed by atoms with Crippen LogP contribution in [0.5, 0.6) is 0 Å². The van der Waals surface area contributed by atoms with Crippen LogP contribution in [0.2, 0.25) is 0 Å². The van der Waals surface area contributed by atoms with Crippen LogP contribution in [0, 0.1) is 20.8 Å². The van der Waals surface area contributed by atoms with Crippen LogP contribution in [0.3, 0.4) is 0 Å². The molecule has 37 heavy (non-hydrogen) atoms. The normalized spacial score (nSPS) is 11.4. The van der Waals surface area contributed by atoms with Crippen molar-refractivity contribution in [3.8, 4) is 0 Å². The monoisotopic (exact) mass is 489 g/mol. The molecule has 0 heterocycles. The van der Waals surface area contributed by atoms with Crippen LogP contribution < -0.4 is 9.91 Å². The van der Waals surface area contributed by atoms with Crippen molar-refractivity contribution in [2.45, 2.75) is 34.6 Å². The molecule has 5 heteroatoms. The summed E-state index contributed by atoms with van der Waals surface area (Å²) in [5, 5.41) is 15.7. The molecular weight excluding hydrogens is 454 g/mol. The van der Waals surface area contributed by atoms with E-state index in [2.05, 4.69) is 110 Å². The lowest BCUT2D eigenvalue weighted by atomic mass is 10.1. The summed E-state index contributed by atoms with van der Waals surface area (Å²) in [6, 6.07) is 31.0. The van der Waals surface area contributed by atoms with Crippen LogP contribution in [-0.4, -0.2) is 19.3 Å². The average molecular weight is 490 g/mol.